The molecule has 5 aromatic rings. The number of hydrogen-bond donors (Lipinski definition) is 0. The van der Waals surface area contributed by atoms with Crippen molar-refractivity contribution in [3.05, 3.63) is 129 Å². The second-order valence-electron chi connectivity index (χ2n) is 9.75. The minimum atomic E-state index is -1.18. The molecule has 3 aromatic carbocycles. The Morgan fingerprint density at radius 3 is 1.86 bits per heavy atom. The van der Waals surface area contributed by atoms with Crippen LogP contribution < -0.4 is 0 Å². The zero-order chi connectivity index (χ0) is 30.6. The van der Waals surface area contributed by atoms with Gasteiger partial charge in [0.2, 0.25) is 0 Å². The number of esters is 3. The first-order valence-corrected chi connectivity index (χ1v) is 14.9. The standard InChI is InChI=1S/C32H23ClIN3O7/c33-27-24-22(34)16-37(28(24)36-18-35-27)29-26(44-32(40)21-14-8-3-9-15-21)25(43-31(39)20-12-6-2-7-13-20)23(42-29)17-41-30(38)19-10-4-1-5-11-19/h1-16,18,23,25-26,29H,17H2/t23-,25-,26-,29-/m0/s1. The van der Waals surface area contributed by atoms with E-state index in [0.29, 0.717) is 16.6 Å². The number of carbonyl (C=O) groups is 3. The van der Waals surface area contributed by atoms with Gasteiger partial charge in [-0.25, -0.2) is 24.4 Å². The highest BCUT2D eigenvalue weighted by Gasteiger charge is 2.52. The van der Waals surface area contributed by atoms with E-state index in [1.165, 1.54) is 6.33 Å². The van der Waals surface area contributed by atoms with Crippen LogP contribution in [0.4, 0.5) is 0 Å². The first kappa shape index (κ1) is 29.7. The van der Waals surface area contributed by atoms with Crippen LogP contribution in [0.3, 0.4) is 0 Å². The number of carbonyl (C=O) groups excluding carboxylic acids is 3. The lowest BCUT2D eigenvalue weighted by atomic mass is 10.1. The summed E-state index contributed by atoms with van der Waals surface area (Å²) in [4.78, 5) is 48.1. The molecule has 0 N–H and O–H groups in total. The first-order chi connectivity index (χ1) is 21.4. The monoisotopic (exact) mass is 723 g/mol. The molecule has 0 bridgehead atoms. The van der Waals surface area contributed by atoms with Gasteiger partial charge in [0.15, 0.2) is 18.4 Å². The van der Waals surface area contributed by atoms with E-state index in [1.807, 2.05) is 0 Å². The van der Waals surface area contributed by atoms with Crippen LogP contribution >= 0.6 is 34.2 Å². The predicted octanol–water partition coefficient (Wildman–Crippen LogP) is 5.89. The average molecular weight is 724 g/mol. The van der Waals surface area contributed by atoms with Crippen molar-refractivity contribution in [2.45, 2.75) is 24.5 Å². The summed E-state index contributed by atoms with van der Waals surface area (Å²) in [5.41, 5.74) is 1.32. The third-order valence-corrected chi connectivity index (χ3v) is 8.07. The molecule has 0 unspecified atom stereocenters. The van der Waals surface area contributed by atoms with Gasteiger partial charge in [-0.3, -0.25) is 0 Å². The van der Waals surface area contributed by atoms with Crippen molar-refractivity contribution in [2.75, 3.05) is 6.61 Å². The van der Waals surface area contributed by atoms with Gasteiger partial charge in [-0.1, -0.05) is 66.2 Å². The highest BCUT2D eigenvalue weighted by Crippen LogP contribution is 2.39. The summed E-state index contributed by atoms with van der Waals surface area (Å²) >= 11 is 8.50. The molecule has 1 aliphatic rings. The summed E-state index contributed by atoms with van der Waals surface area (Å²) < 4.78 is 26.4. The lowest BCUT2D eigenvalue weighted by Crippen LogP contribution is -2.41. The van der Waals surface area contributed by atoms with Gasteiger partial charge in [0.05, 0.1) is 22.1 Å². The van der Waals surface area contributed by atoms with Gasteiger partial charge in [-0.2, -0.15) is 0 Å². The molecular formula is C32H23ClIN3O7. The Morgan fingerprint density at radius 2 is 1.30 bits per heavy atom. The predicted molar refractivity (Wildman–Crippen MR) is 167 cm³/mol. The van der Waals surface area contributed by atoms with Gasteiger partial charge in [0.25, 0.3) is 0 Å². The molecule has 1 fully saturated rings. The topological polar surface area (TPSA) is 119 Å². The maximum Gasteiger partial charge on any atom is 0.338 e. The van der Waals surface area contributed by atoms with Crippen LogP contribution in [-0.4, -0.2) is 57.4 Å². The maximum absolute atomic E-state index is 13.4. The SMILES string of the molecule is O=C(OC[C@@H]1O[C@H](n2cc(I)c3c(Cl)ncnc32)[C@@H](OC(=O)c2ccccc2)[C@H]1OC(=O)c1ccccc1)c1ccccc1. The Bertz CT molecular complexity index is 1800. The zero-order valence-electron chi connectivity index (χ0n) is 22.8. The van der Waals surface area contributed by atoms with Crippen LogP contribution in [0.2, 0.25) is 5.15 Å². The van der Waals surface area contributed by atoms with Crippen LogP contribution in [-0.2, 0) is 18.9 Å². The Balaban J connectivity index is 1.39. The second-order valence-corrected chi connectivity index (χ2v) is 11.3. The molecule has 44 heavy (non-hydrogen) atoms. The van der Waals surface area contributed by atoms with Crippen molar-refractivity contribution >= 4 is 63.1 Å². The van der Waals surface area contributed by atoms with Crippen molar-refractivity contribution in [3.63, 3.8) is 0 Å². The summed E-state index contributed by atoms with van der Waals surface area (Å²) in [5.74, 6) is -1.92. The smallest absolute Gasteiger partial charge is 0.338 e. The van der Waals surface area contributed by atoms with Crippen LogP contribution in [0, 0.1) is 3.57 Å². The number of rotatable bonds is 8. The van der Waals surface area contributed by atoms with Gasteiger partial charge in [-0.15, -0.1) is 0 Å². The Kier molecular flexibility index (Phi) is 8.87. The van der Waals surface area contributed by atoms with Gasteiger partial charge in [0, 0.05) is 9.77 Å². The third-order valence-electron chi connectivity index (χ3n) is 6.97. The minimum Gasteiger partial charge on any atom is -0.459 e. The summed E-state index contributed by atoms with van der Waals surface area (Å²) in [6.45, 7) is -0.303. The maximum atomic E-state index is 13.4. The van der Waals surface area contributed by atoms with Crippen molar-refractivity contribution in [1.29, 1.82) is 0 Å². The van der Waals surface area contributed by atoms with Crippen LogP contribution in [0.1, 0.15) is 37.3 Å². The van der Waals surface area contributed by atoms with E-state index >= 15 is 0 Å². The van der Waals surface area contributed by atoms with E-state index in [0.717, 1.165) is 3.57 Å². The molecule has 4 atom stereocenters. The molecule has 0 aliphatic carbocycles. The number of benzene rings is 3. The summed E-state index contributed by atoms with van der Waals surface area (Å²) in [5, 5.41) is 0.803. The molecule has 0 spiro atoms. The van der Waals surface area contributed by atoms with Crippen molar-refractivity contribution in [2.24, 2.45) is 0 Å². The lowest BCUT2D eigenvalue weighted by Gasteiger charge is -2.25. The van der Waals surface area contributed by atoms with Gasteiger partial charge in [-0.05, 0) is 59.0 Å². The molecule has 0 radical (unpaired) electrons. The number of ether oxygens (including phenoxy) is 4. The average Bonchev–Trinajstić information content (AvgIpc) is 3.57. The Labute approximate surface area is 270 Å². The molecule has 1 aliphatic heterocycles. The van der Waals surface area contributed by atoms with E-state index in [9.17, 15) is 14.4 Å². The fraction of sp³-hybridized carbons (Fsp3) is 0.156. The summed E-state index contributed by atoms with van der Waals surface area (Å²) in [6.07, 6.45) is -1.40. The lowest BCUT2D eigenvalue weighted by molar-refractivity contribution is -0.0604. The van der Waals surface area contributed by atoms with Crippen molar-refractivity contribution in [1.82, 2.24) is 14.5 Å². The molecule has 3 heterocycles. The molecular weight excluding hydrogens is 701 g/mol. The molecule has 2 aromatic heterocycles. The number of halogens is 2. The van der Waals surface area contributed by atoms with Crippen LogP contribution in [0.5, 0.6) is 0 Å². The van der Waals surface area contributed by atoms with Gasteiger partial charge >= 0.3 is 17.9 Å². The minimum absolute atomic E-state index is 0.231. The number of aromatic nitrogens is 3. The molecule has 12 heteroatoms. The first-order valence-electron chi connectivity index (χ1n) is 13.5. The molecule has 10 nitrogen and oxygen atoms in total. The zero-order valence-corrected chi connectivity index (χ0v) is 25.7. The van der Waals surface area contributed by atoms with Crippen LogP contribution in [0.25, 0.3) is 11.0 Å². The Morgan fingerprint density at radius 1 is 0.773 bits per heavy atom. The highest BCUT2D eigenvalue weighted by atomic mass is 127. The van der Waals surface area contributed by atoms with E-state index < -0.39 is 42.4 Å². The molecule has 222 valence electrons. The van der Waals surface area contributed by atoms with Gasteiger partial charge in [0.1, 0.15) is 29.8 Å². The number of fused-ring (bicyclic) bond motifs is 1. The molecule has 0 saturated carbocycles. The number of nitrogens with zero attached hydrogens (tertiary/aromatic N) is 3. The van der Waals surface area contributed by atoms with E-state index in [-0.39, 0.29) is 22.9 Å². The fourth-order valence-electron chi connectivity index (χ4n) is 4.88. The second kappa shape index (κ2) is 13.1. The van der Waals surface area contributed by atoms with Gasteiger partial charge < -0.3 is 23.5 Å². The van der Waals surface area contributed by atoms with Crippen molar-refractivity contribution in [3.8, 4) is 0 Å². The fourth-order valence-corrected chi connectivity index (χ4v) is 6.07. The normalized spacial score (nSPS) is 19.4. The number of hydrogen-bond acceptors (Lipinski definition) is 9. The molecule has 1 saturated heterocycles. The largest absolute Gasteiger partial charge is 0.459 e. The highest BCUT2D eigenvalue weighted by molar-refractivity contribution is 14.1. The van der Waals surface area contributed by atoms with Crippen molar-refractivity contribution < 1.29 is 33.3 Å². The van der Waals surface area contributed by atoms with Crippen LogP contribution in [0.15, 0.2) is 104 Å². The van der Waals surface area contributed by atoms with E-state index in [1.54, 1.807) is 102 Å². The van der Waals surface area contributed by atoms with E-state index in [2.05, 4.69) is 32.6 Å². The third kappa shape index (κ3) is 6.16. The quantitative estimate of drug-likeness (QED) is 0.0836. The Hall–Kier alpha value is -4.33. The summed E-state index contributed by atoms with van der Waals surface area (Å²) in [7, 11) is 0. The molecule has 0 amide bonds. The molecule has 6 rings (SSSR count). The summed E-state index contributed by atoms with van der Waals surface area (Å²) in [6, 6.07) is 25.2. The van der Waals surface area contributed by atoms with E-state index in [4.69, 9.17) is 30.5 Å².